The van der Waals surface area contributed by atoms with Gasteiger partial charge in [-0.2, -0.15) is 0 Å². The highest BCUT2D eigenvalue weighted by atomic mass is 35.5. The van der Waals surface area contributed by atoms with E-state index in [1.54, 1.807) is 36.5 Å². The molecular weight excluding hydrogens is 351 g/mol. The van der Waals surface area contributed by atoms with Gasteiger partial charge in [-0.25, -0.2) is 4.98 Å². The van der Waals surface area contributed by atoms with Crippen LogP contribution in [0.5, 0.6) is 11.5 Å². The highest BCUT2D eigenvalue weighted by molar-refractivity contribution is 6.32. The van der Waals surface area contributed by atoms with E-state index in [0.717, 1.165) is 11.1 Å². The number of halogens is 2. The van der Waals surface area contributed by atoms with Crippen molar-refractivity contribution in [3.63, 3.8) is 0 Å². The number of benzene rings is 1. The summed E-state index contributed by atoms with van der Waals surface area (Å²) in [7, 11) is 3.03. The van der Waals surface area contributed by atoms with E-state index in [1.807, 2.05) is 0 Å². The summed E-state index contributed by atoms with van der Waals surface area (Å²) in [6.45, 7) is 0.361. The molecule has 1 aromatic carbocycles. The second-order valence-corrected chi connectivity index (χ2v) is 5.57. The van der Waals surface area contributed by atoms with E-state index in [2.05, 4.69) is 10.3 Å². The minimum absolute atomic E-state index is 0.240. The highest BCUT2D eigenvalue weighted by Crippen LogP contribution is 2.36. The van der Waals surface area contributed by atoms with Crippen LogP contribution in [-0.4, -0.2) is 25.1 Å². The van der Waals surface area contributed by atoms with Gasteiger partial charge in [0.25, 0.3) is 0 Å². The first kappa shape index (κ1) is 18.1. The molecule has 0 unspecified atom stereocenters. The highest BCUT2D eigenvalue weighted by Gasteiger charge is 2.09. The molecule has 24 heavy (non-hydrogen) atoms. The van der Waals surface area contributed by atoms with Crippen LogP contribution in [0.4, 0.5) is 0 Å². The number of pyridine rings is 1. The maximum atomic E-state index is 11.9. The number of carbonyl (C=O) groups excluding carboxylic acids is 1. The van der Waals surface area contributed by atoms with Crippen LogP contribution >= 0.6 is 23.2 Å². The van der Waals surface area contributed by atoms with Crippen LogP contribution in [0.3, 0.4) is 0 Å². The largest absolute Gasteiger partial charge is 0.493 e. The minimum Gasteiger partial charge on any atom is -0.493 e. The zero-order valence-electron chi connectivity index (χ0n) is 13.2. The molecule has 5 nitrogen and oxygen atoms in total. The maximum Gasteiger partial charge on any atom is 0.244 e. The number of carbonyl (C=O) groups is 1. The predicted octanol–water partition coefficient (Wildman–Crippen LogP) is 3.74. The molecular formula is C17H16Cl2N2O3. The van der Waals surface area contributed by atoms with E-state index in [-0.39, 0.29) is 5.91 Å². The molecule has 1 heterocycles. The van der Waals surface area contributed by atoms with Gasteiger partial charge < -0.3 is 14.8 Å². The van der Waals surface area contributed by atoms with Gasteiger partial charge in [0.1, 0.15) is 5.15 Å². The molecule has 0 bridgehead atoms. The lowest BCUT2D eigenvalue weighted by molar-refractivity contribution is -0.116. The molecule has 0 aliphatic rings. The average molecular weight is 367 g/mol. The van der Waals surface area contributed by atoms with Crippen LogP contribution in [0.2, 0.25) is 10.2 Å². The third-order valence-electron chi connectivity index (χ3n) is 3.14. The van der Waals surface area contributed by atoms with Crippen molar-refractivity contribution in [2.45, 2.75) is 6.54 Å². The zero-order valence-corrected chi connectivity index (χ0v) is 14.7. The Kier molecular flexibility index (Phi) is 6.46. The van der Waals surface area contributed by atoms with Gasteiger partial charge >= 0.3 is 0 Å². The van der Waals surface area contributed by atoms with Crippen LogP contribution in [0, 0.1) is 0 Å². The summed E-state index contributed by atoms with van der Waals surface area (Å²) in [5, 5.41) is 3.58. The number of hydrogen-bond acceptors (Lipinski definition) is 4. The first-order valence-electron chi connectivity index (χ1n) is 7.01. The van der Waals surface area contributed by atoms with Gasteiger partial charge in [-0.1, -0.05) is 29.3 Å². The lowest BCUT2D eigenvalue weighted by Gasteiger charge is -2.10. The van der Waals surface area contributed by atoms with Gasteiger partial charge in [0.2, 0.25) is 5.91 Å². The van der Waals surface area contributed by atoms with Crippen LogP contribution in [0.25, 0.3) is 6.08 Å². The van der Waals surface area contributed by atoms with E-state index < -0.39 is 0 Å². The van der Waals surface area contributed by atoms with Crippen molar-refractivity contribution in [1.29, 1.82) is 0 Å². The van der Waals surface area contributed by atoms with Crippen molar-refractivity contribution in [3.05, 3.63) is 57.8 Å². The molecule has 1 aromatic heterocycles. The van der Waals surface area contributed by atoms with E-state index in [1.165, 1.54) is 20.3 Å². The smallest absolute Gasteiger partial charge is 0.244 e. The quantitative estimate of drug-likeness (QED) is 0.624. The molecule has 126 valence electrons. The SMILES string of the molecule is COc1cc(/C=C/C(=O)NCc2ccc(Cl)nc2)cc(Cl)c1OC. The Morgan fingerprint density at radius 2 is 2.04 bits per heavy atom. The van der Waals surface area contributed by atoms with Gasteiger partial charge in [0.15, 0.2) is 11.5 Å². The standard InChI is InChI=1S/C17H16Cl2N2O3/c1-23-14-8-11(7-13(18)17(14)24-2)4-6-16(22)21-10-12-3-5-15(19)20-9-12/h3-9H,10H2,1-2H3,(H,21,22)/b6-4+. The summed E-state index contributed by atoms with van der Waals surface area (Å²) >= 11 is 11.8. The molecule has 7 heteroatoms. The molecule has 0 atom stereocenters. The van der Waals surface area contributed by atoms with Crippen LogP contribution in [-0.2, 0) is 11.3 Å². The normalized spacial score (nSPS) is 10.7. The fourth-order valence-corrected chi connectivity index (χ4v) is 2.37. The number of ether oxygens (including phenoxy) is 2. The molecule has 0 radical (unpaired) electrons. The Morgan fingerprint density at radius 1 is 1.25 bits per heavy atom. The number of methoxy groups -OCH3 is 2. The first-order chi connectivity index (χ1) is 11.5. The molecule has 2 aromatic rings. The molecule has 0 aliphatic carbocycles. The number of hydrogen-bond donors (Lipinski definition) is 1. The summed E-state index contributed by atoms with van der Waals surface area (Å²) in [6, 6.07) is 6.89. The fourth-order valence-electron chi connectivity index (χ4n) is 1.97. The second kappa shape index (κ2) is 8.57. The van der Waals surface area contributed by atoms with Gasteiger partial charge in [-0.05, 0) is 35.4 Å². The molecule has 0 saturated heterocycles. The summed E-state index contributed by atoms with van der Waals surface area (Å²) in [5.41, 5.74) is 1.58. The van der Waals surface area contributed by atoms with Crippen LogP contribution in [0.15, 0.2) is 36.5 Å². The Morgan fingerprint density at radius 3 is 2.67 bits per heavy atom. The number of rotatable bonds is 6. The van der Waals surface area contributed by atoms with Crippen molar-refractivity contribution in [2.24, 2.45) is 0 Å². The molecule has 1 N–H and O–H groups in total. The number of amides is 1. The molecule has 0 spiro atoms. The average Bonchev–Trinajstić information content (AvgIpc) is 2.58. The van der Waals surface area contributed by atoms with Crippen molar-refractivity contribution < 1.29 is 14.3 Å². The molecule has 2 rings (SSSR count). The van der Waals surface area contributed by atoms with Crippen molar-refractivity contribution in [3.8, 4) is 11.5 Å². The maximum absolute atomic E-state index is 11.9. The summed E-state index contributed by atoms with van der Waals surface area (Å²) in [4.78, 5) is 15.8. The third-order valence-corrected chi connectivity index (χ3v) is 3.64. The van der Waals surface area contributed by atoms with E-state index in [9.17, 15) is 4.79 Å². The van der Waals surface area contributed by atoms with Crippen molar-refractivity contribution >= 4 is 35.2 Å². The summed E-state index contributed by atoms with van der Waals surface area (Å²) in [6.07, 6.45) is 4.67. The monoisotopic (exact) mass is 366 g/mol. The predicted molar refractivity (Wildman–Crippen MR) is 94.7 cm³/mol. The zero-order chi connectivity index (χ0) is 17.5. The van der Waals surface area contributed by atoms with E-state index in [0.29, 0.717) is 28.2 Å². The number of aromatic nitrogens is 1. The Bertz CT molecular complexity index is 746. The number of nitrogens with zero attached hydrogens (tertiary/aromatic N) is 1. The minimum atomic E-state index is -0.240. The van der Waals surface area contributed by atoms with Crippen LogP contribution < -0.4 is 14.8 Å². The molecule has 1 amide bonds. The van der Waals surface area contributed by atoms with E-state index >= 15 is 0 Å². The fraction of sp³-hybridized carbons (Fsp3) is 0.176. The van der Waals surface area contributed by atoms with Crippen molar-refractivity contribution in [2.75, 3.05) is 14.2 Å². The Labute approximate surface area is 150 Å². The lowest BCUT2D eigenvalue weighted by Crippen LogP contribution is -2.20. The number of nitrogens with one attached hydrogen (secondary N) is 1. The Balaban J connectivity index is 2.00. The summed E-state index contributed by atoms with van der Waals surface area (Å²) in [5.74, 6) is 0.712. The topological polar surface area (TPSA) is 60.5 Å². The lowest BCUT2D eigenvalue weighted by atomic mass is 10.2. The summed E-state index contributed by atoms with van der Waals surface area (Å²) < 4.78 is 10.4. The van der Waals surface area contributed by atoms with Crippen LogP contribution in [0.1, 0.15) is 11.1 Å². The van der Waals surface area contributed by atoms with E-state index in [4.69, 9.17) is 32.7 Å². The molecule has 0 fully saturated rings. The third kappa shape index (κ3) is 4.88. The van der Waals surface area contributed by atoms with Gasteiger partial charge in [-0.3, -0.25) is 4.79 Å². The second-order valence-electron chi connectivity index (χ2n) is 4.78. The Hall–Kier alpha value is -2.24. The van der Waals surface area contributed by atoms with Gasteiger partial charge in [-0.15, -0.1) is 0 Å². The van der Waals surface area contributed by atoms with Gasteiger partial charge in [0, 0.05) is 18.8 Å². The first-order valence-corrected chi connectivity index (χ1v) is 7.77. The molecule has 0 saturated carbocycles. The molecule has 0 aliphatic heterocycles. The van der Waals surface area contributed by atoms with Gasteiger partial charge in [0.05, 0.1) is 19.2 Å². The van der Waals surface area contributed by atoms with Crippen molar-refractivity contribution in [1.82, 2.24) is 10.3 Å².